The molecule has 2 N–H and O–H groups in total. The van der Waals surface area contributed by atoms with Gasteiger partial charge in [-0.15, -0.1) is 6.58 Å². The van der Waals surface area contributed by atoms with E-state index in [1.807, 2.05) is 13.8 Å². The molecule has 0 fully saturated rings. The van der Waals surface area contributed by atoms with Crippen molar-refractivity contribution < 1.29 is 15.0 Å². The number of allylic oxidation sites excluding steroid dienone is 1. The Morgan fingerprint density at radius 2 is 2.07 bits per heavy atom. The summed E-state index contributed by atoms with van der Waals surface area (Å²) in [4.78, 5) is 10.7. The van der Waals surface area contributed by atoms with Gasteiger partial charge in [0.1, 0.15) is 5.92 Å². The second kappa shape index (κ2) is 6.38. The zero-order valence-corrected chi connectivity index (χ0v) is 8.68. The van der Waals surface area contributed by atoms with Gasteiger partial charge in [0, 0.05) is 0 Å². The summed E-state index contributed by atoms with van der Waals surface area (Å²) in [5.74, 6) is -1.43. The highest BCUT2D eigenvalue weighted by molar-refractivity contribution is 5.73. The number of aliphatic hydroxyl groups excluding tert-OH is 1. The molecule has 0 aromatic heterocycles. The maximum atomic E-state index is 10.7. The van der Waals surface area contributed by atoms with Gasteiger partial charge in [0.2, 0.25) is 0 Å². The quantitative estimate of drug-likeness (QED) is 0.640. The van der Waals surface area contributed by atoms with Crippen LogP contribution in [0.25, 0.3) is 0 Å². The summed E-state index contributed by atoms with van der Waals surface area (Å²) in [6, 6.07) is 0. The Labute approximate surface area is 84.8 Å². The fourth-order valence-electron chi connectivity index (χ4n) is 0.986. The Kier molecular flexibility index (Phi) is 5.88. The van der Waals surface area contributed by atoms with Crippen LogP contribution in [0.4, 0.5) is 0 Å². The first-order chi connectivity index (χ1) is 6.49. The molecule has 0 saturated heterocycles. The third-order valence-corrected chi connectivity index (χ3v) is 1.85. The average molecular weight is 198 g/mol. The molecule has 80 valence electrons. The van der Waals surface area contributed by atoms with E-state index in [2.05, 4.69) is 6.58 Å². The molecule has 0 aliphatic carbocycles. The molecule has 0 amide bonds. The third kappa shape index (κ3) is 4.82. The fourth-order valence-corrected chi connectivity index (χ4v) is 0.986. The zero-order valence-electron chi connectivity index (χ0n) is 8.68. The lowest BCUT2D eigenvalue weighted by atomic mass is 10.0. The minimum absolute atomic E-state index is 0.488. The summed E-state index contributed by atoms with van der Waals surface area (Å²) < 4.78 is 0. The van der Waals surface area contributed by atoms with Crippen molar-refractivity contribution in [3.63, 3.8) is 0 Å². The van der Waals surface area contributed by atoms with E-state index in [0.29, 0.717) is 5.92 Å². The van der Waals surface area contributed by atoms with Crippen molar-refractivity contribution in [2.75, 3.05) is 0 Å². The van der Waals surface area contributed by atoms with Gasteiger partial charge in [0.15, 0.2) is 0 Å². The van der Waals surface area contributed by atoms with Crippen molar-refractivity contribution >= 4 is 5.97 Å². The molecule has 0 radical (unpaired) electrons. The lowest BCUT2D eigenvalue weighted by Gasteiger charge is -2.11. The summed E-state index contributed by atoms with van der Waals surface area (Å²) in [7, 11) is 0. The highest BCUT2D eigenvalue weighted by atomic mass is 16.4. The number of rotatable bonds is 6. The van der Waals surface area contributed by atoms with Crippen molar-refractivity contribution in [1.29, 1.82) is 0 Å². The van der Waals surface area contributed by atoms with E-state index in [1.165, 1.54) is 12.2 Å². The minimum atomic E-state index is -1.03. The summed E-state index contributed by atoms with van der Waals surface area (Å²) >= 11 is 0. The van der Waals surface area contributed by atoms with Crippen molar-refractivity contribution in [3.05, 3.63) is 24.8 Å². The maximum absolute atomic E-state index is 10.7. The Morgan fingerprint density at radius 1 is 1.50 bits per heavy atom. The van der Waals surface area contributed by atoms with E-state index in [9.17, 15) is 9.90 Å². The monoisotopic (exact) mass is 198 g/mol. The van der Waals surface area contributed by atoms with Crippen LogP contribution in [0.1, 0.15) is 20.3 Å². The molecule has 3 heteroatoms. The van der Waals surface area contributed by atoms with Crippen LogP contribution in [0.5, 0.6) is 0 Å². The molecule has 0 aliphatic heterocycles. The minimum Gasteiger partial charge on any atom is -0.481 e. The molecular formula is C11H18O3. The molecule has 0 aromatic rings. The van der Waals surface area contributed by atoms with Crippen LogP contribution in [0, 0.1) is 11.8 Å². The van der Waals surface area contributed by atoms with E-state index in [1.54, 1.807) is 6.08 Å². The van der Waals surface area contributed by atoms with E-state index in [-0.39, 0.29) is 0 Å². The second-order valence-corrected chi connectivity index (χ2v) is 3.65. The van der Waals surface area contributed by atoms with Gasteiger partial charge in [0.05, 0.1) is 6.10 Å². The standard InChI is InChI=1S/C11H18O3/c1-4-10(12)9(11(13)14)7-5-6-8(2)3/h4-5,7-10,12H,1,6H2,2-3H3,(H,13,14)/b7-5+. The molecule has 2 unspecified atom stereocenters. The van der Waals surface area contributed by atoms with Crippen molar-refractivity contribution in [2.24, 2.45) is 11.8 Å². The number of carbonyl (C=O) groups is 1. The predicted molar refractivity (Wildman–Crippen MR) is 55.9 cm³/mol. The normalized spacial score (nSPS) is 15.7. The lowest BCUT2D eigenvalue weighted by molar-refractivity contribution is -0.142. The van der Waals surface area contributed by atoms with E-state index in [0.717, 1.165) is 6.42 Å². The Morgan fingerprint density at radius 3 is 2.43 bits per heavy atom. The van der Waals surface area contributed by atoms with Gasteiger partial charge in [-0.25, -0.2) is 0 Å². The molecule has 0 bridgehead atoms. The average Bonchev–Trinajstić information content (AvgIpc) is 2.10. The first-order valence-corrected chi connectivity index (χ1v) is 4.69. The van der Waals surface area contributed by atoms with Crippen LogP contribution in [0.15, 0.2) is 24.8 Å². The van der Waals surface area contributed by atoms with Crippen LogP contribution in [-0.4, -0.2) is 22.3 Å². The first-order valence-electron chi connectivity index (χ1n) is 4.69. The molecule has 0 spiro atoms. The predicted octanol–water partition coefficient (Wildman–Crippen LogP) is 1.84. The number of aliphatic hydroxyl groups is 1. The molecule has 2 atom stereocenters. The number of hydrogen-bond donors (Lipinski definition) is 2. The summed E-state index contributed by atoms with van der Waals surface area (Å²) in [6.45, 7) is 7.45. The van der Waals surface area contributed by atoms with Crippen LogP contribution < -0.4 is 0 Å². The van der Waals surface area contributed by atoms with Crippen molar-refractivity contribution in [2.45, 2.75) is 26.4 Å². The molecule has 0 rings (SSSR count). The van der Waals surface area contributed by atoms with Gasteiger partial charge in [-0.2, -0.15) is 0 Å². The van der Waals surface area contributed by atoms with Gasteiger partial charge < -0.3 is 10.2 Å². The largest absolute Gasteiger partial charge is 0.481 e. The number of hydrogen-bond acceptors (Lipinski definition) is 2. The Balaban J connectivity index is 4.30. The Bertz CT molecular complexity index is 219. The van der Waals surface area contributed by atoms with Gasteiger partial charge >= 0.3 is 5.97 Å². The number of aliphatic carboxylic acids is 1. The second-order valence-electron chi connectivity index (χ2n) is 3.65. The molecule has 0 heterocycles. The van der Waals surface area contributed by atoms with Crippen molar-refractivity contribution in [1.82, 2.24) is 0 Å². The van der Waals surface area contributed by atoms with Crippen LogP contribution in [-0.2, 0) is 4.79 Å². The van der Waals surface area contributed by atoms with Gasteiger partial charge in [0.25, 0.3) is 0 Å². The highest BCUT2D eigenvalue weighted by Crippen LogP contribution is 2.09. The lowest BCUT2D eigenvalue weighted by Crippen LogP contribution is -2.24. The van der Waals surface area contributed by atoms with E-state index < -0.39 is 18.0 Å². The van der Waals surface area contributed by atoms with Crippen molar-refractivity contribution in [3.8, 4) is 0 Å². The van der Waals surface area contributed by atoms with Crippen LogP contribution >= 0.6 is 0 Å². The molecule has 0 saturated carbocycles. The number of carboxylic acid groups (broad SMARTS) is 1. The van der Waals surface area contributed by atoms with Gasteiger partial charge in [-0.1, -0.05) is 32.1 Å². The van der Waals surface area contributed by atoms with E-state index >= 15 is 0 Å². The van der Waals surface area contributed by atoms with Crippen LogP contribution in [0.3, 0.4) is 0 Å². The highest BCUT2D eigenvalue weighted by Gasteiger charge is 2.20. The third-order valence-electron chi connectivity index (χ3n) is 1.85. The smallest absolute Gasteiger partial charge is 0.313 e. The maximum Gasteiger partial charge on any atom is 0.313 e. The zero-order chi connectivity index (χ0) is 11.1. The molecule has 0 aliphatic rings. The van der Waals surface area contributed by atoms with Gasteiger partial charge in [-0.3, -0.25) is 4.79 Å². The van der Waals surface area contributed by atoms with Crippen LogP contribution in [0.2, 0.25) is 0 Å². The summed E-state index contributed by atoms with van der Waals surface area (Å²) in [5, 5.41) is 18.1. The Hall–Kier alpha value is -1.09. The molecule has 14 heavy (non-hydrogen) atoms. The number of carboxylic acids is 1. The molecule has 3 nitrogen and oxygen atoms in total. The first kappa shape index (κ1) is 12.9. The topological polar surface area (TPSA) is 57.5 Å². The van der Waals surface area contributed by atoms with E-state index in [4.69, 9.17) is 5.11 Å². The summed E-state index contributed by atoms with van der Waals surface area (Å²) in [6.07, 6.45) is 4.34. The molecule has 0 aromatic carbocycles. The SMILES string of the molecule is C=CC(O)C(/C=C/CC(C)C)C(=O)O. The van der Waals surface area contributed by atoms with Gasteiger partial charge in [-0.05, 0) is 12.3 Å². The molecular weight excluding hydrogens is 180 g/mol. The summed E-state index contributed by atoms with van der Waals surface area (Å²) in [5.41, 5.74) is 0. The fraction of sp³-hybridized carbons (Fsp3) is 0.545.